The lowest BCUT2D eigenvalue weighted by Crippen LogP contribution is -2.38. The van der Waals surface area contributed by atoms with Crippen LogP contribution in [0.3, 0.4) is 0 Å². The summed E-state index contributed by atoms with van der Waals surface area (Å²) in [4.78, 5) is 2.27. The van der Waals surface area contributed by atoms with E-state index >= 15 is 0 Å². The molecule has 0 aromatic rings. The van der Waals surface area contributed by atoms with Gasteiger partial charge in [-0.2, -0.15) is 0 Å². The number of hydrogen-bond acceptors (Lipinski definition) is 3. The van der Waals surface area contributed by atoms with E-state index in [0.717, 1.165) is 44.6 Å². The average molecular weight is 270 g/mol. The lowest BCUT2D eigenvalue weighted by atomic mass is 9.81. The number of nitrogens with zero attached hydrogens (tertiary/aromatic N) is 1. The van der Waals surface area contributed by atoms with Crippen LogP contribution in [-0.2, 0) is 0 Å². The fraction of sp³-hybridized carbons (Fsp3) is 1.00. The Morgan fingerprint density at radius 1 is 1.16 bits per heavy atom. The SMILES string of the molecule is CCN(CC)CC(O)CNCCC1CCC(C)CC1. The number of likely N-dealkylation sites (N-methyl/N-ethyl adjacent to an activating group) is 1. The molecule has 0 radical (unpaired) electrons. The Hall–Kier alpha value is -0.120. The van der Waals surface area contributed by atoms with E-state index in [1.165, 1.54) is 32.1 Å². The molecule has 1 fully saturated rings. The molecular weight excluding hydrogens is 236 g/mol. The van der Waals surface area contributed by atoms with Crippen LogP contribution in [0, 0.1) is 11.8 Å². The summed E-state index contributed by atoms with van der Waals surface area (Å²) in [5.41, 5.74) is 0. The molecule has 0 aliphatic heterocycles. The van der Waals surface area contributed by atoms with Gasteiger partial charge in [-0.25, -0.2) is 0 Å². The van der Waals surface area contributed by atoms with Gasteiger partial charge in [0.25, 0.3) is 0 Å². The molecule has 0 heterocycles. The predicted octanol–water partition coefficient (Wildman–Crippen LogP) is 2.50. The summed E-state index contributed by atoms with van der Waals surface area (Å²) in [5, 5.41) is 13.4. The zero-order valence-electron chi connectivity index (χ0n) is 13.2. The van der Waals surface area contributed by atoms with Crippen LogP contribution in [0.25, 0.3) is 0 Å². The van der Waals surface area contributed by atoms with Gasteiger partial charge >= 0.3 is 0 Å². The molecule has 114 valence electrons. The highest BCUT2D eigenvalue weighted by molar-refractivity contribution is 4.71. The van der Waals surface area contributed by atoms with Gasteiger partial charge in [-0.3, -0.25) is 0 Å². The van der Waals surface area contributed by atoms with Crippen LogP contribution >= 0.6 is 0 Å². The number of rotatable bonds is 9. The van der Waals surface area contributed by atoms with E-state index in [1.807, 2.05) is 0 Å². The summed E-state index contributed by atoms with van der Waals surface area (Å²) in [5.74, 6) is 1.86. The molecule has 3 heteroatoms. The van der Waals surface area contributed by atoms with Gasteiger partial charge in [0.05, 0.1) is 6.10 Å². The van der Waals surface area contributed by atoms with Crippen LogP contribution in [0.4, 0.5) is 0 Å². The Morgan fingerprint density at radius 3 is 2.37 bits per heavy atom. The minimum absolute atomic E-state index is 0.230. The highest BCUT2D eigenvalue weighted by Gasteiger charge is 2.17. The first-order valence-corrected chi connectivity index (χ1v) is 8.26. The topological polar surface area (TPSA) is 35.5 Å². The van der Waals surface area contributed by atoms with Crippen molar-refractivity contribution in [2.45, 2.75) is 59.0 Å². The maximum Gasteiger partial charge on any atom is 0.0791 e. The second kappa shape index (κ2) is 9.73. The van der Waals surface area contributed by atoms with Gasteiger partial charge in [-0.1, -0.05) is 46.5 Å². The molecule has 1 aliphatic rings. The summed E-state index contributed by atoms with van der Waals surface area (Å²) < 4.78 is 0. The fourth-order valence-corrected chi connectivity index (χ4v) is 3.04. The third-order valence-electron chi connectivity index (χ3n) is 4.61. The van der Waals surface area contributed by atoms with Crippen LogP contribution < -0.4 is 5.32 Å². The first-order valence-electron chi connectivity index (χ1n) is 8.26. The van der Waals surface area contributed by atoms with Crippen molar-refractivity contribution in [2.75, 3.05) is 32.7 Å². The van der Waals surface area contributed by atoms with Crippen molar-refractivity contribution in [1.82, 2.24) is 10.2 Å². The van der Waals surface area contributed by atoms with E-state index in [0.29, 0.717) is 0 Å². The van der Waals surface area contributed by atoms with Gasteiger partial charge in [-0.15, -0.1) is 0 Å². The van der Waals surface area contributed by atoms with Crippen molar-refractivity contribution in [2.24, 2.45) is 11.8 Å². The Bertz CT molecular complexity index is 211. The third-order valence-corrected chi connectivity index (χ3v) is 4.61. The van der Waals surface area contributed by atoms with E-state index < -0.39 is 0 Å². The van der Waals surface area contributed by atoms with E-state index in [1.54, 1.807) is 0 Å². The van der Waals surface area contributed by atoms with Crippen molar-refractivity contribution < 1.29 is 5.11 Å². The van der Waals surface area contributed by atoms with Gasteiger partial charge in [0.15, 0.2) is 0 Å². The quantitative estimate of drug-likeness (QED) is 0.632. The van der Waals surface area contributed by atoms with Gasteiger partial charge in [-0.05, 0) is 37.9 Å². The molecule has 19 heavy (non-hydrogen) atoms. The zero-order chi connectivity index (χ0) is 14.1. The Balaban J connectivity index is 2.00. The lowest BCUT2D eigenvalue weighted by Gasteiger charge is -2.26. The maximum atomic E-state index is 9.95. The molecule has 0 aromatic carbocycles. The van der Waals surface area contributed by atoms with Crippen LogP contribution in [0.2, 0.25) is 0 Å². The second-order valence-corrected chi connectivity index (χ2v) is 6.26. The molecule has 1 rings (SSSR count). The summed E-state index contributed by atoms with van der Waals surface area (Å²) in [6.45, 7) is 11.3. The summed E-state index contributed by atoms with van der Waals surface area (Å²) in [6.07, 6.45) is 6.69. The summed E-state index contributed by atoms with van der Waals surface area (Å²) >= 11 is 0. The summed E-state index contributed by atoms with van der Waals surface area (Å²) in [6, 6.07) is 0. The number of aliphatic hydroxyl groups is 1. The van der Waals surface area contributed by atoms with Crippen LogP contribution in [-0.4, -0.2) is 48.8 Å². The average Bonchev–Trinajstić information content (AvgIpc) is 2.43. The smallest absolute Gasteiger partial charge is 0.0791 e. The van der Waals surface area contributed by atoms with Crippen molar-refractivity contribution >= 4 is 0 Å². The minimum atomic E-state index is -0.230. The molecule has 1 saturated carbocycles. The van der Waals surface area contributed by atoms with Gasteiger partial charge in [0, 0.05) is 13.1 Å². The predicted molar refractivity (Wildman–Crippen MR) is 82.4 cm³/mol. The molecule has 1 atom stereocenters. The van der Waals surface area contributed by atoms with E-state index in [-0.39, 0.29) is 6.10 Å². The Morgan fingerprint density at radius 2 is 1.79 bits per heavy atom. The zero-order valence-corrected chi connectivity index (χ0v) is 13.2. The molecule has 0 amide bonds. The number of aliphatic hydroxyl groups excluding tert-OH is 1. The summed E-state index contributed by atoms with van der Waals surface area (Å²) in [7, 11) is 0. The standard InChI is InChI=1S/C16H34N2O/c1-4-18(5-2)13-16(19)12-17-11-10-15-8-6-14(3)7-9-15/h14-17,19H,4-13H2,1-3H3. The largest absolute Gasteiger partial charge is 0.390 e. The van der Waals surface area contributed by atoms with Gasteiger partial charge in [0.2, 0.25) is 0 Å². The van der Waals surface area contributed by atoms with Crippen LogP contribution in [0.5, 0.6) is 0 Å². The fourth-order valence-electron chi connectivity index (χ4n) is 3.04. The molecule has 2 N–H and O–H groups in total. The molecule has 0 saturated heterocycles. The molecule has 0 aromatic heterocycles. The van der Waals surface area contributed by atoms with Gasteiger partial charge < -0.3 is 15.3 Å². The maximum absolute atomic E-state index is 9.95. The van der Waals surface area contributed by atoms with Crippen molar-refractivity contribution in [3.8, 4) is 0 Å². The third kappa shape index (κ3) is 7.28. The van der Waals surface area contributed by atoms with Crippen LogP contribution in [0.1, 0.15) is 52.9 Å². The van der Waals surface area contributed by atoms with Crippen molar-refractivity contribution in [1.29, 1.82) is 0 Å². The van der Waals surface area contributed by atoms with E-state index in [4.69, 9.17) is 0 Å². The molecule has 1 aliphatic carbocycles. The first-order chi connectivity index (χ1) is 9.15. The normalized spacial score (nSPS) is 25.7. The number of hydrogen-bond donors (Lipinski definition) is 2. The molecule has 1 unspecified atom stereocenters. The van der Waals surface area contributed by atoms with Gasteiger partial charge in [0.1, 0.15) is 0 Å². The number of nitrogens with one attached hydrogen (secondary N) is 1. The van der Waals surface area contributed by atoms with Crippen LogP contribution in [0.15, 0.2) is 0 Å². The van der Waals surface area contributed by atoms with Crippen molar-refractivity contribution in [3.63, 3.8) is 0 Å². The van der Waals surface area contributed by atoms with Crippen molar-refractivity contribution in [3.05, 3.63) is 0 Å². The molecule has 0 spiro atoms. The molecule has 0 bridgehead atoms. The highest BCUT2D eigenvalue weighted by Crippen LogP contribution is 2.29. The first kappa shape index (κ1) is 16.9. The highest BCUT2D eigenvalue weighted by atomic mass is 16.3. The second-order valence-electron chi connectivity index (χ2n) is 6.26. The minimum Gasteiger partial charge on any atom is -0.390 e. The monoisotopic (exact) mass is 270 g/mol. The molecular formula is C16H34N2O. The van der Waals surface area contributed by atoms with E-state index in [9.17, 15) is 5.11 Å². The van der Waals surface area contributed by atoms with E-state index in [2.05, 4.69) is 31.0 Å². The lowest BCUT2D eigenvalue weighted by molar-refractivity contribution is 0.116. The molecule has 3 nitrogen and oxygen atoms in total. The Labute approximate surface area is 119 Å². The Kier molecular flexibility index (Phi) is 8.67.